The van der Waals surface area contributed by atoms with Crippen molar-refractivity contribution in [3.8, 4) is 5.75 Å². The van der Waals surface area contributed by atoms with Crippen LogP contribution in [0, 0.1) is 13.8 Å². The van der Waals surface area contributed by atoms with E-state index in [1.54, 1.807) is 24.3 Å². The number of fused-ring (bicyclic) bond motifs is 1. The first-order valence-corrected chi connectivity index (χ1v) is 9.75. The zero-order valence-corrected chi connectivity index (χ0v) is 16.9. The maximum Gasteiger partial charge on any atom is 0.254 e. The summed E-state index contributed by atoms with van der Waals surface area (Å²) in [6.45, 7) is 4.32. The van der Waals surface area contributed by atoms with Gasteiger partial charge in [0.2, 0.25) is 5.91 Å². The van der Waals surface area contributed by atoms with Crippen molar-refractivity contribution in [2.45, 2.75) is 39.5 Å². The number of benzene rings is 2. The Hall–Kier alpha value is -3.61. The summed E-state index contributed by atoms with van der Waals surface area (Å²) >= 11 is 0. The number of nitrogens with two attached hydrogens (primary N) is 1. The first kappa shape index (κ1) is 19.7. The molecule has 1 aromatic heterocycles. The van der Waals surface area contributed by atoms with Crippen LogP contribution < -0.4 is 10.5 Å². The maximum atomic E-state index is 13.3. The van der Waals surface area contributed by atoms with Gasteiger partial charge in [-0.3, -0.25) is 9.59 Å². The molecule has 30 heavy (non-hydrogen) atoms. The van der Waals surface area contributed by atoms with Crippen LogP contribution in [0.4, 0.5) is 0 Å². The van der Waals surface area contributed by atoms with Gasteiger partial charge < -0.3 is 19.9 Å². The predicted octanol–water partition coefficient (Wildman–Crippen LogP) is 2.92. The van der Waals surface area contributed by atoms with E-state index in [4.69, 9.17) is 15.0 Å². The van der Waals surface area contributed by atoms with Gasteiger partial charge in [-0.25, -0.2) is 0 Å². The number of aromatic nitrogens is 1. The molecule has 2 amide bonds. The van der Waals surface area contributed by atoms with Crippen LogP contribution in [-0.2, 0) is 24.4 Å². The lowest BCUT2D eigenvalue weighted by molar-refractivity contribution is -0.122. The molecule has 1 aliphatic heterocycles. The minimum Gasteiger partial charge on any atom is -0.489 e. The molecule has 0 radical (unpaired) electrons. The smallest absolute Gasteiger partial charge is 0.254 e. The molecule has 0 saturated heterocycles. The van der Waals surface area contributed by atoms with Gasteiger partial charge in [-0.1, -0.05) is 35.5 Å². The number of carbonyl (C=O) groups is 2. The third-order valence-corrected chi connectivity index (χ3v) is 5.48. The van der Waals surface area contributed by atoms with Crippen molar-refractivity contribution in [1.82, 2.24) is 10.1 Å². The SMILES string of the molecule is Cc1noc(C)c1COc1cccc(C(=O)N2Cc3ccccc3C[C@@H]2C(N)=O)c1. The molecular formula is C23H23N3O4. The third kappa shape index (κ3) is 3.78. The van der Waals surface area contributed by atoms with E-state index in [0.29, 0.717) is 36.6 Å². The van der Waals surface area contributed by atoms with Crippen LogP contribution in [0.2, 0.25) is 0 Å². The molecule has 0 unspecified atom stereocenters. The molecule has 3 aromatic rings. The van der Waals surface area contributed by atoms with Crippen LogP contribution in [0.5, 0.6) is 5.75 Å². The third-order valence-electron chi connectivity index (χ3n) is 5.48. The Morgan fingerprint density at radius 1 is 1.17 bits per heavy atom. The van der Waals surface area contributed by atoms with Crippen LogP contribution >= 0.6 is 0 Å². The molecule has 1 atom stereocenters. The molecule has 4 rings (SSSR count). The zero-order chi connectivity index (χ0) is 21.3. The van der Waals surface area contributed by atoms with Crippen LogP contribution in [0.15, 0.2) is 53.1 Å². The molecule has 2 heterocycles. The molecule has 7 nitrogen and oxygen atoms in total. The summed E-state index contributed by atoms with van der Waals surface area (Å²) in [5.41, 5.74) is 9.78. The Bertz CT molecular complexity index is 1090. The lowest BCUT2D eigenvalue weighted by Gasteiger charge is -2.35. The van der Waals surface area contributed by atoms with E-state index in [1.165, 1.54) is 4.90 Å². The first-order chi connectivity index (χ1) is 14.4. The van der Waals surface area contributed by atoms with Gasteiger partial charge in [0.25, 0.3) is 5.91 Å². The number of amides is 2. The summed E-state index contributed by atoms with van der Waals surface area (Å²) in [6.07, 6.45) is 0.416. The second-order valence-corrected chi connectivity index (χ2v) is 7.44. The Kier molecular flexibility index (Phi) is 5.27. The van der Waals surface area contributed by atoms with Crippen molar-refractivity contribution < 1.29 is 18.8 Å². The van der Waals surface area contributed by atoms with Gasteiger partial charge >= 0.3 is 0 Å². The van der Waals surface area contributed by atoms with Gasteiger partial charge in [0, 0.05) is 18.5 Å². The monoisotopic (exact) mass is 405 g/mol. The quantitative estimate of drug-likeness (QED) is 0.704. The van der Waals surface area contributed by atoms with E-state index in [1.807, 2.05) is 38.1 Å². The fraction of sp³-hybridized carbons (Fsp3) is 0.261. The summed E-state index contributed by atoms with van der Waals surface area (Å²) < 4.78 is 11.0. The van der Waals surface area contributed by atoms with Crippen molar-refractivity contribution in [2.75, 3.05) is 0 Å². The molecule has 0 bridgehead atoms. The van der Waals surface area contributed by atoms with Crippen LogP contribution in [0.3, 0.4) is 0 Å². The first-order valence-electron chi connectivity index (χ1n) is 9.75. The highest BCUT2D eigenvalue weighted by atomic mass is 16.5. The largest absolute Gasteiger partial charge is 0.489 e. The van der Waals surface area contributed by atoms with Gasteiger partial charge in [0.1, 0.15) is 24.2 Å². The number of nitrogens with zero attached hydrogens (tertiary/aromatic N) is 2. The second-order valence-electron chi connectivity index (χ2n) is 7.44. The number of ether oxygens (including phenoxy) is 1. The molecule has 0 fully saturated rings. The molecule has 0 aliphatic carbocycles. The molecule has 154 valence electrons. The summed E-state index contributed by atoms with van der Waals surface area (Å²) in [4.78, 5) is 26.9. The Morgan fingerprint density at radius 2 is 1.93 bits per heavy atom. The number of hydrogen-bond acceptors (Lipinski definition) is 5. The lowest BCUT2D eigenvalue weighted by atomic mass is 9.93. The van der Waals surface area contributed by atoms with Crippen molar-refractivity contribution in [1.29, 1.82) is 0 Å². The highest BCUT2D eigenvalue weighted by molar-refractivity contribution is 5.98. The lowest BCUT2D eigenvalue weighted by Crippen LogP contribution is -2.51. The van der Waals surface area contributed by atoms with E-state index in [0.717, 1.165) is 22.4 Å². The summed E-state index contributed by atoms with van der Waals surface area (Å²) in [7, 11) is 0. The molecule has 1 aliphatic rings. The van der Waals surface area contributed by atoms with Gasteiger partial charge in [-0.05, 0) is 43.2 Å². The van der Waals surface area contributed by atoms with Crippen LogP contribution in [-0.4, -0.2) is 27.9 Å². The highest BCUT2D eigenvalue weighted by Gasteiger charge is 2.33. The number of hydrogen-bond donors (Lipinski definition) is 1. The molecule has 2 aromatic carbocycles. The van der Waals surface area contributed by atoms with Crippen LogP contribution in [0.1, 0.15) is 38.5 Å². The molecule has 0 saturated carbocycles. The van der Waals surface area contributed by atoms with E-state index in [9.17, 15) is 9.59 Å². The van der Waals surface area contributed by atoms with Gasteiger partial charge in [-0.2, -0.15) is 0 Å². The van der Waals surface area contributed by atoms with Gasteiger partial charge in [-0.15, -0.1) is 0 Å². The molecule has 2 N–H and O–H groups in total. The fourth-order valence-corrected chi connectivity index (χ4v) is 3.74. The van der Waals surface area contributed by atoms with Crippen molar-refractivity contribution in [2.24, 2.45) is 5.73 Å². The Labute approximate surface area is 174 Å². The van der Waals surface area contributed by atoms with E-state index in [-0.39, 0.29) is 5.91 Å². The fourth-order valence-electron chi connectivity index (χ4n) is 3.74. The summed E-state index contributed by atoms with van der Waals surface area (Å²) in [5.74, 6) is 0.490. The van der Waals surface area contributed by atoms with Gasteiger partial charge in [0.05, 0.1) is 11.3 Å². The minimum atomic E-state index is -0.681. The molecule has 7 heteroatoms. The Balaban J connectivity index is 1.55. The normalized spacial score (nSPS) is 15.5. The standard InChI is InChI=1S/C23H23N3O4/c1-14-20(15(2)30-25-14)13-29-19-9-5-8-17(10-19)23(28)26-12-18-7-4-3-6-16(18)11-21(26)22(24)27/h3-10,21H,11-13H2,1-2H3,(H2,24,27)/t21-/m1/s1. The van der Waals surface area contributed by atoms with Crippen LogP contribution in [0.25, 0.3) is 0 Å². The van der Waals surface area contributed by atoms with Crippen molar-refractivity contribution in [3.05, 3.63) is 82.2 Å². The average Bonchev–Trinajstić information content (AvgIpc) is 3.08. The number of aryl methyl sites for hydroxylation is 2. The molecule has 0 spiro atoms. The van der Waals surface area contributed by atoms with E-state index in [2.05, 4.69) is 5.16 Å². The highest BCUT2D eigenvalue weighted by Crippen LogP contribution is 2.26. The number of carbonyl (C=O) groups excluding carboxylic acids is 2. The summed E-state index contributed by atoms with van der Waals surface area (Å²) in [5, 5.41) is 3.92. The van der Waals surface area contributed by atoms with E-state index < -0.39 is 11.9 Å². The topological polar surface area (TPSA) is 98.7 Å². The Morgan fingerprint density at radius 3 is 2.63 bits per heavy atom. The number of primary amides is 1. The van der Waals surface area contributed by atoms with Crippen molar-refractivity contribution in [3.63, 3.8) is 0 Å². The predicted molar refractivity (Wildman–Crippen MR) is 110 cm³/mol. The van der Waals surface area contributed by atoms with E-state index >= 15 is 0 Å². The zero-order valence-electron chi connectivity index (χ0n) is 16.9. The second kappa shape index (κ2) is 8.02. The maximum absolute atomic E-state index is 13.3. The minimum absolute atomic E-state index is 0.254. The summed E-state index contributed by atoms with van der Waals surface area (Å²) in [6, 6.07) is 14.0. The average molecular weight is 405 g/mol. The number of rotatable bonds is 5. The van der Waals surface area contributed by atoms with Gasteiger partial charge in [0.15, 0.2) is 0 Å². The molecular weight excluding hydrogens is 382 g/mol. The van der Waals surface area contributed by atoms with Crippen molar-refractivity contribution >= 4 is 11.8 Å².